The van der Waals surface area contributed by atoms with E-state index in [1.54, 1.807) is 4.90 Å². The topological polar surface area (TPSA) is 121 Å². The number of ether oxygens (including phenoxy) is 2. The van der Waals surface area contributed by atoms with E-state index < -0.39 is 0 Å². The second-order valence-electron chi connectivity index (χ2n) is 12.4. The zero-order valence-electron chi connectivity index (χ0n) is 23.5. The Morgan fingerprint density at radius 3 is 2.44 bits per heavy atom. The summed E-state index contributed by atoms with van der Waals surface area (Å²) in [6.45, 7) is 5.80. The van der Waals surface area contributed by atoms with Crippen LogP contribution in [0.4, 0.5) is 4.79 Å². The third kappa shape index (κ3) is 5.60. The van der Waals surface area contributed by atoms with Crippen LogP contribution in [0.3, 0.4) is 0 Å². The highest BCUT2D eigenvalue weighted by Gasteiger charge is 2.40. The lowest BCUT2D eigenvalue weighted by atomic mass is 9.92. The molecule has 5 aliphatic rings. The number of hydrogen-bond acceptors (Lipinski definition) is 7. The number of aromatic nitrogens is 2. The molecule has 11 nitrogen and oxygen atoms in total. The van der Waals surface area contributed by atoms with E-state index >= 15 is 0 Å². The number of H-pyrrole nitrogens is 1. The van der Waals surface area contributed by atoms with Crippen LogP contribution in [-0.4, -0.2) is 89.3 Å². The highest BCUT2D eigenvalue weighted by Crippen LogP contribution is 2.40. The van der Waals surface area contributed by atoms with E-state index in [1.165, 1.54) is 0 Å². The second kappa shape index (κ2) is 11.2. The number of nitrogens with zero attached hydrogens (tertiary/aromatic N) is 4. The van der Waals surface area contributed by atoms with Gasteiger partial charge in [0.1, 0.15) is 0 Å². The molecule has 3 saturated heterocycles. The molecule has 2 aromatic heterocycles. The summed E-state index contributed by atoms with van der Waals surface area (Å²) in [5, 5.41) is 2.39. The molecular formula is C30H39N5O6. The molecular weight excluding hydrogens is 526 g/mol. The van der Waals surface area contributed by atoms with Crippen molar-refractivity contribution in [3.8, 4) is 5.88 Å². The standard InChI is InChI=1S/C30H39N5O6/c36-28-24-5-10-34(17-26(24)41-32-28)30(38)35-15-21-3-8-33(9-4-22(21)16-35)29(37)23-13-25(20-1-2-20)31-27(14-23)40-18-19-6-11-39-12-7-19/h13-14,19-22H,1-12,15-18H2,(H,32,36)/t21-,22?/m0/s1. The minimum Gasteiger partial charge on any atom is -0.477 e. The smallest absolute Gasteiger partial charge is 0.320 e. The first kappa shape index (κ1) is 26.6. The molecule has 3 amide bonds. The first-order valence-corrected chi connectivity index (χ1v) is 15.3. The molecule has 0 aromatic carbocycles. The molecule has 4 fully saturated rings. The van der Waals surface area contributed by atoms with Crippen LogP contribution in [0.1, 0.15) is 71.8 Å². The third-order valence-corrected chi connectivity index (χ3v) is 9.66. The summed E-state index contributed by atoms with van der Waals surface area (Å²) in [6.07, 6.45) is 6.50. The maximum Gasteiger partial charge on any atom is 0.320 e. The van der Waals surface area contributed by atoms with Crippen LogP contribution in [-0.2, 0) is 17.7 Å². The molecule has 11 heteroatoms. The summed E-state index contributed by atoms with van der Waals surface area (Å²) in [4.78, 5) is 49.3. The number of aromatic amines is 1. The van der Waals surface area contributed by atoms with Gasteiger partial charge in [0, 0.05) is 69.2 Å². The van der Waals surface area contributed by atoms with Crippen molar-refractivity contribution in [1.82, 2.24) is 24.8 Å². The fraction of sp³-hybridized carbons (Fsp3) is 0.667. The second-order valence-corrected chi connectivity index (χ2v) is 12.4. The number of amides is 3. The molecule has 1 aliphatic carbocycles. The van der Waals surface area contributed by atoms with Crippen LogP contribution in [0.25, 0.3) is 0 Å². The van der Waals surface area contributed by atoms with E-state index in [2.05, 4.69) is 5.16 Å². The quantitative estimate of drug-likeness (QED) is 0.592. The predicted octanol–water partition coefficient (Wildman–Crippen LogP) is 3.01. The monoisotopic (exact) mass is 565 g/mol. The van der Waals surface area contributed by atoms with Gasteiger partial charge in [-0.2, -0.15) is 5.16 Å². The zero-order chi connectivity index (χ0) is 27.9. The lowest BCUT2D eigenvalue weighted by Gasteiger charge is -2.30. The number of urea groups is 1. The molecule has 4 aliphatic heterocycles. The highest BCUT2D eigenvalue weighted by atomic mass is 16.5. The Labute approximate surface area is 239 Å². The molecule has 2 aromatic rings. The van der Waals surface area contributed by atoms with Gasteiger partial charge < -0.3 is 28.7 Å². The summed E-state index contributed by atoms with van der Waals surface area (Å²) in [6, 6.07) is 3.82. The molecule has 1 N–H and O–H groups in total. The Morgan fingerprint density at radius 2 is 1.71 bits per heavy atom. The summed E-state index contributed by atoms with van der Waals surface area (Å²) in [7, 11) is 0. The van der Waals surface area contributed by atoms with Gasteiger partial charge in [0.2, 0.25) is 5.88 Å². The maximum atomic E-state index is 13.7. The lowest BCUT2D eigenvalue weighted by molar-refractivity contribution is 0.0490. The van der Waals surface area contributed by atoms with Crippen molar-refractivity contribution in [3.05, 3.63) is 45.1 Å². The van der Waals surface area contributed by atoms with Gasteiger partial charge in [-0.3, -0.25) is 9.59 Å². The average Bonchev–Trinajstić information content (AvgIpc) is 3.73. The van der Waals surface area contributed by atoms with Gasteiger partial charge in [0.05, 0.1) is 18.7 Å². The van der Waals surface area contributed by atoms with E-state index in [9.17, 15) is 14.4 Å². The largest absolute Gasteiger partial charge is 0.477 e. The molecule has 7 rings (SSSR count). The predicted molar refractivity (Wildman–Crippen MR) is 148 cm³/mol. The van der Waals surface area contributed by atoms with Gasteiger partial charge in [0.15, 0.2) is 5.76 Å². The van der Waals surface area contributed by atoms with Crippen LogP contribution in [0.5, 0.6) is 5.88 Å². The van der Waals surface area contributed by atoms with E-state index in [1.807, 2.05) is 21.9 Å². The van der Waals surface area contributed by atoms with Gasteiger partial charge in [-0.05, 0) is 68.8 Å². The SMILES string of the molecule is O=C(c1cc(OCC2CCOCC2)nc(C2CC2)c1)N1CCC2CN(C(=O)N3CCc4c(o[nH]c4=O)C3)C[C@@H]2CC1. The Bertz CT molecular complexity index is 1330. The number of carbonyl (C=O) groups is 2. The Kier molecular flexibility index (Phi) is 7.22. The van der Waals surface area contributed by atoms with E-state index in [4.69, 9.17) is 19.0 Å². The van der Waals surface area contributed by atoms with Crippen LogP contribution >= 0.6 is 0 Å². The molecule has 0 bridgehead atoms. The molecule has 0 spiro atoms. The summed E-state index contributed by atoms with van der Waals surface area (Å²) < 4.78 is 16.9. The number of likely N-dealkylation sites (tertiary alicyclic amines) is 2. The van der Waals surface area contributed by atoms with Crippen molar-refractivity contribution in [1.29, 1.82) is 0 Å². The first-order chi connectivity index (χ1) is 20.0. The van der Waals surface area contributed by atoms with Crippen molar-refractivity contribution in [2.24, 2.45) is 17.8 Å². The lowest BCUT2D eigenvalue weighted by Crippen LogP contribution is -2.45. The number of hydrogen-bond donors (Lipinski definition) is 1. The molecule has 1 unspecified atom stereocenters. The van der Waals surface area contributed by atoms with E-state index in [-0.39, 0.29) is 17.5 Å². The number of nitrogens with one attached hydrogen (secondary N) is 1. The molecule has 2 atom stereocenters. The Balaban J connectivity index is 0.968. The number of rotatable bonds is 5. The van der Waals surface area contributed by atoms with Crippen molar-refractivity contribution >= 4 is 11.9 Å². The Morgan fingerprint density at radius 1 is 0.951 bits per heavy atom. The molecule has 6 heterocycles. The van der Waals surface area contributed by atoms with Gasteiger partial charge in [-0.25, -0.2) is 9.78 Å². The third-order valence-electron chi connectivity index (χ3n) is 9.66. The van der Waals surface area contributed by atoms with Crippen LogP contribution < -0.4 is 10.3 Å². The highest BCUT2D eigenvalue weighted by molar-refractivity contribution is 5.94. The zero-order valence-corrected chi connectivity index (χ0v) is 23.5. The van der Waals surface area contributed by atoms with Crippen LogP contribution in [0.15, 0.2) is 21.5 Å². The summed E-state index contributed by atoms with van der Waals surface area (Å²) in [5.74, 6) is 2.83. The van der Waals surface area contributed by atoms with Gasteiger partial charge in [0.25, 0.3) is 11.5 Å². The Hall–Kier alpha value is -3.34. The van der Waals surface area contributed by atoms with Crippen molar-refractivity contribution in [2.45, 2.75) is 57.4 Å². The number of carbonyl (C=O) groups excluding carboxylic acids is 2. The minimum atomic E-state index is -0.191. The summed E-state index contributed by atoms with van der Waals surface area (Å²) >= 11 is 0. The first-order valence-electron chi connectivity index (χ1n) is 15.3. The number of pyridine rings is 1. The van der Waals surface area contributed by atoms with Crippen LogP contribution in [0.2, 0.25) is 0 Å². The van der Waals surface area contributed by atoms with E-state index in [0.717, 1.165) is 57.4 Å². The van der Waals surface area contributed by atoms with Crippen molar-refractivity contribution in [2.75, 3.05) is 52.5 Å². The van der Waals surface area contributed by atoms with Crippen LogP contribution in [0, 0.1) is 17.8 Å². The maximum absolute atomic E-state index is 13.7. The average molecular weight is 566 g/mol. The van der Waals surface area contributed by atoms with Crippen molar-refractivity contribution in [3.63, 3.8) is 0 Å². The summed E-state index contributed by atoms with van der Waals surface area (Å²) in [5.41, 5.74) is 2.11. The minimum absolute atomic E-state index is 0.0122. The molecule has 1 saturated carbocycles. The van der Waals surface area contributed by atoms with Gasteiger partial charge in [-0.15, -0.1) is 0 Å². The molecule has 0 radical (unpaired) electrons. The van der Waals surface area contributed by atoms with Crippen molar-refractivity contribution < 1.29 is 23.6 Å². The van der Waals surface area contributed by atoms with Gasteiger partial charge in [-0.1, -0.05) is 0 Å². The normalized spacial score (nSPS) is 25.0. The van der Waals surface area contributed by atoms with Gasteiger partial charge >= 0.3 is 6.03 Å². The fourth-order valence-electron chi connectivity index (χ4n) is 6.92. The number of fused-ring (bicyclic) bond motifs is 2. The van der Waals surface area contributed by atoms with E-state index in [0.29, 0.717) is 98.7 Å². The fourth-order valence-corrected chi connectivity index (χ4v) is 6.92. The molecule has 220 valence electrons. The molecule has 41 heavy (non-hydrogen) atoms.